The minimum Gasteiger partial charge on any atom is -0.493 e. The Kier molecular flexibility index (Phi) is 7.97. The molecule has 0 aliphatic heterocycles. The van der Waals surface area contributed by atoms with Crippen molar-refractivity contribution in [2.75, 3.05) is 13.7 Å². The number of hydrogen-bond acceptors (Lipinski definition) is 6. The fourth-order valence-electron chi connectivity index (χ4n) is 2.31. The van der Waals surface area contributed by atoms with Gasteiger partial charge in [0.2, 0.25) is 0 Å². The number of nitrogens with one attached hydrogen (secondary N) is 1. The van der Waals surface area contributed by atoms with Gasteiger partial charge >= 0.3 is 0 Å². The maximum absolute atomic E-state index is 12.3. The summed E-state index contributed by atoms with van der Waals surface area (Å²) in [6, 6.07) is 9.04. The number of nitrogens with zero attached hydrogens (tertiary/aromatic N) is 2. The lowest BCUT2D eigenvalue weighted by molar-refractivity contribution is -0.384. The number of nitro groups is 1. The first-order valence-electron chi connectivity index (χ1n) is 8.90. The molecule has 2 aromatic carbocycles. The summed E-state index contributed by atoms with van der Waals surface area (Å²) in [6.07, 6.45) is 2.20. The molecule has 2 rings (SSSR count). The Bertz CT molecular complexity index is 915. The highest BCUT2D eigenvalue weighted by Crippen LogP contribution is 2.28. The van der Waals surface area contributed by atoms with Crippen LogP contribution in [0.1, 0.15) is 36.2 Å². The number of amides is 1. The van der Waals surface area contributed by atoms with Gasteiger partial charge in [-0.2, -0.15) is 5.10 Å². The molecule has 0 saturated heterocycles. The van der Waals surface area contributed by atoms with Crippen LogP contribution < -0.4 is 14.9 Å². The molecule has 0 bridgehead atoms. The average Bonchev–Trinajstić information content (AvgIpc) is 2.68. The van der Waals surface area contributed by atoms with E-state index in [4.69, 9.17) is 21.1 Å². The molecule has 0 atom stereocenters. The first kappa shape index (κ1) is 22.2. The van der Waals surface area contributed by atoms with Crippen molar-refractivity contribution in [3.63, 3.8) is 0 Å². The lowest BCUT2D eigenvalue weighted by Crippen LogP contribution is -2.17. The third-order valence-corrected chi connectivity index (χ3v) is 4.24. The van der Waals surface area contributed by atoms with Gasteiger partial charge in [0.1, 0.15) is 5.02 Å². The first-order valence-corrected chi connectivity index (χ1v) is 9.27. The fourth-order valence-corrected chi connectivity index (χ4v) is 2.50. The number of carbonyl (C=O) groups excluding carboxylic acids is 1. The highest BCUT2D eigenvalue weighted by atomic mass is 35.5. The van der Waals surface area contributed by atoms with Gasteiger partial charge in [0.05, 0.1) is 24.9 Å². The Labute approximate surface area is 173 Å². The van der Waals surface area contributed by atoms with Crippen molar-refractivity contribution in [1.82, 2.24) is 5.43 Å². The van der Waals surface area contributed by atoms with Crippen molar-refractivity contribution in [1.29, 1.82) is 0 Å². The molecule has 0 fully saturated rings. The highest BCUT2D eigenvalue weighted by molar-refractivity contribution is 6.32. The monoisotopic (exact) mass is 419 g/mol. The number of halogens is 1. The summed E-state index contributed by atoms with van der Waals surface area (Å²) in [4.78, 5) is 22.6. The Balaban J connectivity index is 2.04. The molecular formula is C20H22ClN3O5. The van der Waals surface area contributed by atoms with E-state index < -0.39 is 10.8 Å². The molecule has 1 amide bonds. The van der Waals surface area contributed by atoms with Crippen LogP contribution in [0.2, 0.25) is 5.02 Å². The van der Waals surface area contributed by atoms with Crippen molar-refractivity contribution in [3.05, 3.63) is 62.7 Å². The molecule has 0 aliphatic rings. The molecular weight excluding hydrogens is 398 g/mol. The molecule has 2 aromatic rings. The summed E-state index contributed by atoms with van der Waals surface area (Å²) in [7, 11) is 1.50. The Morgan fingerprint density at radius 3 is 2.69 bits per heavy atom. The van der Waals surface area contributed by atoms with Gasteiger partial charge in [0.15, 0.2) is 11.5 Å². The van der Waals surface area contributed by atoms with E-state index in [0.29, 0.717) is 35.2 Å². The number of nitro benzene ring substituents is 1. The van der Waals surface area contributed by atoms with Crippen molar-refractivity contribution in [2.24, 2.45) is 11.0 Å². The van der Waals surface area contributed by atoms with Gasteiger partial charge in [-0.05, 0) is 36.6 Å². The molecule has 1 N–H and O–H groups in total. The van der Waals surface area contributed by atoms with Crippen molar-refractivity contribution in [3.8, 4) is 11.5 Å². The number of ether oxygens (including phenoxy) is 2. The van der Waals surface area contributed by atoms with E-state index in [1.54, 1.807) is 24.3 Å². The van der Waals surface area contributed by atoms with Crippen LogP contribution >= 0.6 is 11.6 Å². The number of carbonyl (C=O) groups is 1. The summed E-state index contributed by atoms with van der Waals surface area (Å²) < 4.78 is 11.0. The van der Waals surface area contributed by atoms with Crippen LogP contribution in [0.25, 0.3) is 0 Å². The summed E-state index contributed by atoms with van der Waals surface area (Å²) >= 11 is 5.77. The SMILES string of the molecule is COc1cc(C(=O)N/N=C/c2ccc(Cl)c([N+](=O)[O-])c2)ccc1OCCC(C)C. The predicted molar refractivity (Wildman–Crippen MR) is 111 cm³/mol. The van der Waals surface area contributed by atoms with Gasteiger partial charge in [-0.3, -0.25) is 14.9 Å². The van der Waals surface area contributed by atoms with E-state index in [0.717, 1.165) is 6.42 Å². The predicted octanol–water partition coefficient (Wildman–Crippen LogP) is 4.45. The number of hydrazone groups is 1. The second-order valence-electron chi connectivity index (χ2n) is 6.56. The van der Waals surface area contributed by atoms with E-state index in [9.17, 15) is 14.9 Å². The number of rotatable bonds is 9. The number of benzene rings is 2. The third kappa shape index (κ3) is 6.46. The lowest BCUT2D eigenvalue weighted by Gasteiger charge is -2.12. The summed E-state index contributed by atoms with van der Waals surface area (Å²) in [5.74, 6) is 1.06. The molecule has 0 aliphatic carbocycles. The second-order valence-corrected chi connectivity index (χ2v) is 6.97. The van der Waals surface area contributed by atoms with Crippen LogP contribution in [0.15, 0.2) is 41.5 Å². The van der Waals surface area contributed by atoms with Gasteiger partial charge in [0, 0.05) is 17.2 Å². The standard InChI is InChI=1S/C20H22ClN3O5/c1-13(2)8-9-29-18-7-5-15(11-19(18)28-3)20(25)23-22-12-14-4-6-16(21)17(10-14)24(26)27/h4-7,10-13H,8-9H2,1-3H3,(H,23,25)/b22-12+. The van der Waals surface area contributed by atoms with Gasteiger partial charge in [0.25, 0.3) is 11.6 Å². The van der Waals surface area contributed by atoms with E-state index in [2.05, 4.69) is 24.4 Å². The van der Waals surface area contributed by atoms with Gasteiger partial charge in [-0.15, -0.1) is 0 Å². The maximum Gasteiger partial charge on any atom is 0.288 e. The second kappa shape index (κ2) is 10.4. The summed E-state index contributed by atoms with van der Waals surface area (Å²) in [6.45, 7) is 4.77. The normalized spacial score (nSPS) is 10.9. The molecule has 0 radical (unpaired) electrons. The fraction of sp³-hybridized carbons (Fsp3) is 0.300. The highest BCUT2D eigenvalue weighted by Gasteiger charge is 2.13. The minimum absolute atomic E-state index is 0.0268. The molecule has 0 spiro atoms. The molecule has 154 valence electrons. The van der Waals surface area contributed by atoms with Crippen LogP contribution in [-0.4, -0.2) is 30.8 Å². The smallest absolute Gasteiger partial charge is 0.288 e. The van der Waals surface area contributed by atoms with Crippen LogP contribution in [0.5, 0.6) is 11.5 Å². The molecule has 0 saturated carbocycles. The average molecular weight is 420 g/mol. The van der Waals surface area contributed by atoms with Crippen molar-refractivity contribution < 1.29 is 19.2 Å². The van der Waals surface area contributed by atoms with E-state index in [1.807, 2.05) is 0 Å². The lowest BCUT2D eigenvalue weighted by atomic mass is 10.1. The zero-order chi connectivity index (χ0) is 21.4. The summed E-state index contributed by atoms with van der Waals surface area (Å²) in [5.41, 5.74) is 2.89. The molecule has 29 heavy (non-hydrogen) atoms. The molecule has 0 aromatic heterocycles. The first-order chi connectivity index (χ1) is 13.8. The quantitative estimate of drug-likeness (QED) is 0.367. The van der Waals surface area contributed by atoms with Crippen LogP contribution in [0.4, 0.5) is 5.69 Å². The third-order valence-electron chi connectivity index (χ3n) is 3.93. The van der Waals surface area contributed by atoms with Crippen LogP contribution in [-0.2, 0) is 0 Å². The zero-order valence-corrected chi connectivity index (χ0v) is 17.1. The summed E-state index contributed by atoms with van der Waals surface area (Å²) in [5, 5.41) is 14.8. The van der Waals surface area contributed by atoms with Crippen molar-refractivity contribution in [2.45, 2.75) is 20.3 Å². The van der Waals surface area contributed by atoms with Crippen LogP contribution in [0.3, 0.4) is 0 Å². The maximum atomic E-state index is 12.3. The van der Waals surface area contributed by atoms with Crippen LogP contribution in [0, 0.1) is 16.0 Å². The Hall–Kier alpha value is -3.13. The van der Waals surface area contributed by atoms with Gasteiger partial charge in [-0.25, -0.2) is 5.43 Å². The van der Waals surface area contributed by atoms with Gasteiger partial charge < -0.3 is 9.47 Å². The minimum atomic E-state index is -0.588. The number of hydrogen-bond donors (Lipinski definition) is 1. The molecule has 0 heterocycles. The van der Waals surface area contributed by atoms with Crippen molar-refractivity contribution >= 4 is 29.4 Å². The zero-order valence-electron chi connectivity index (χ0n) is 16.3. The van der Waals surface area contributed by atoms with Gasteiger partial charge in [-0.1, -0.05) is 31.5 Å². The molecule has 9 heteroatoms. The van der Waals surface area contributed by atoms with E-state index >= 15 is 0 Å². The Morgan fingerprint density at radius 1 is 1.28 bits per heavy atom. The largest absolute Gasteiger partial charge is 0.493 e. The topological polar surface area (TPSA) is 103 Å². The molecule has 8 nitrogen and oxygen atoms in total. The number of methoxy groups -OCH3 is 1. The van der Waals surface area contributed by atoms with E-state index in [1.165, 1.54) is 25.5 Å². The molecule has 0 unspecified atom stereocenters. The Morgan fingerprint density at radius 2 is 2.03 bits per heavy atom. The van der Waals surface area contributed by atoms with E-state index in [-0.39, 0.29) is 10.7 Å².